The lowest BCUT2D eigenvalue weighted by molar-refractivity contribution is -0.110. The Hall–Kier alpha value is -2.99. The topological polar surface area (TPSA) is 54.0 Å². The number of ether oxygens (including phenoxy) is 2. The number of hydrogen-bond acceptors (Lipinski definition) is 5. The second kappa shape index (κ2) is 6.63. The van der Waals surface area contributed by atoms with Crippen LogP contribution in [0.2, 0.25) is 0 Å². The lowest BCUT2D eigenvalue weighted by Crippen LogP contribution is -2.43. The molecule has 0 bridgehead atoms. The van der Waals surface area contributed by atoms with Gasteiger partial charge in [0.2, 0.25) is 6.79 Å². The van der Waals surface area contributed by atoms with Crippen LogP contribution < -0.4 is 14.8 Å². The lowest BCUT2D eigenvalue weighted by Gasteiger charge is -2.34. The third-order valence-electron chi connectivity index (χ3n) is 5.27. The van der Waals surface area contributed by atoms with Gasteiger partial charge in [0.15, 0.2) is 11.5 Å². The highest BCUT2D eigenvalue weighted by Gasteiger charge is 2.25. The summed E-state index contributed by atoms with van der Waals surface area (Å²) < 4.78 is 10.8. The Morgan fingerprint density at radius 2 is 1.81 bits per heavy atom. The van der Waals surface area contributed by atoms with Crippen LogP contribution >= 0.6 is 0 Å². The molecule has 0 atom stereocenters. The maximum absolute atomic E-state index is 12.3. The van der Waals surface area contributed by atoms with E-state index in [1.807, 2.05) is 36.5 Å². The van der Waals surface area contributed by atoms with Crippen molar-refractivity contribution in [3.05, 3.63) is 59.8 Å². The number of anilines is 1. The molecule has 1 amide bonds. The number of hydrogen-bond donors (Lipinski definition) is 1. The molecule has 3 aliphatic heterocycles. The smallest absolute Gasteiger partial charge is 0.257 e. The summed E-state index contributed by atoms with van der Waals surface area (Å²) in [6, 6.07) is 14.0. The predicted octanol–water partition coefficient (Wildman–Crippen LogP) is 2.53. The van der Waals surface area contributed by atoms with Crippen LogP contribution in [0.4, 0.5) is 5.69 Å². The molecule has 6 nitrogen and oxygen atoms in total. The monoisotopic (exact) mass is 363 g/mol. The molecular weight excluding hydrogens is 342 g/mol. The summed E-state index contributed by atoms with van der Waals surface area (Å²) >= 11 is 0. The van der Waals surface area contributed by atoms with Gasteiger partial charge in [0, 0.05) is 50.2 Å². The molecule has 0 spiro atoms. The number of benzene rings is 2. The molecule has 138 valence electrons. The third-order valence-corrected chi connectivity index (χ3v) is 5.27. The van der Waals surface area contributed by atoms with Gasteiger partial charge in [0.25, 0.3) is 5.91 Å². The van der Waals surface area contributed by atoms with Gasteiger partial charge in [-0.3, -0.25) is 9.69 Å². The highest BCUT2D eigenvalue weighted by molar-refractivity contribution is 6.31. The zero-order chi connectivity index (χ0) is 18.2. The largest absolute Gasteiger partial charge is 0.454 e. The van der Waals surface area contributed by atoms with Gasteiger partial charge >= 0.3 is 0 Å². The summed E-state index contributed by atoms with van der Waals surface area (Å²) in [7, 11) is 0. The van der Waals surface area contributed by atoms with Gasteiger partial charge in [-0.1, -0.05) is 24.3 Å². The molecule has 6 heteroatoms. The summed E-state index contributed by atoms with van der Waals surface area (Å²) in [5, 5.41) is 2.93. The molecule has 0 radical (unpaired) electrons. The fourth-order valence-corrected chi connectivity index (χ4v) is 3.80. The Morgan fingerprint density at radius 3 is 2.70 bits per heavy atom. The number of nitrogens with one attached hydrogen (secondary N) is 1. The first kappa shape index (κ1) is 16.2. The second-order valence-corrected chi connectivity index (χ2v) is 7.04. The highest BCUT2D eigenvalue weighted by atomic mass is 16.7. The summed E-state index contributed by atoms with van der Waals surface area (Å²) in [5.74, 6) is 1.64. The van der Waals surface area contributed by atoms with Crippen LogP contribution in [0.5, 0.6) is 11.5 Å². The molecule has 0 unspecified atom stereocenters. The van der Waals surface area contributed by atoms with Crippen LogP contribution in [0.3, 0.4) is 0 Å². The number of nitrogens with zero attached hydrogens (tertiary/aromatic N) is 2. The zero-order valence-electron chi connectivity index (χ0n) is 15.0. The van der Waals surface area contributed by atoms with Crippen molar-refractivity contribution >= 4 is 17.2 Å². The summed E-state index contributed by atoms with van der Waals surface area (Å²) in [5.41, 5.74) is 3.88. The minimum Gasteiger partial charge on any atom is -0.454 e. The third kappa shape index (κ3) is 3.13. The molecule has 1 fully saturated rings. The Kier molecular flexibility index (Phi) is 3.98. The summed E-state index contributed by atoms with van der Waals surface area (Å²) in [6.07, 6.45) is 2.01. The molecule has 1 saturated heterocycles. The predicted molar refractivity (Wildman–Crippen MR) is 102 cm³/mol. The number of carbonyl (C=O) groups is 1. The van der Waals surface area contributed by atoms with Crippen molar-refractivity contribution in [3.8, 4) is 11.5 Å². The normalized spacial score (nSPS) is 20.1. The number of carbonyl (C=O) groups excluding carboxylic acids is 1. The fourth-order valence-electron chi connectivity index (χ4n) is 3.80. The van der Waals surface area contributed by atoms with E-state index in [2.05, 4.69) is 27.2 Å². The van der Waals surface area contributed by atoms with Gasteiger partial charge < -0.3 is 19.7 Å². The van der Waals surface area contributed by atoms with E-state index in [9.17, 15) is 4.79 Å². The Bertz CT molecular complexity index is 917. The van der Waals surface area contributed by atoms with Gasteiger partial charge in [0.1, 0.15) is 0 Å². The van der Waals surface area contributed by atoms with Crippen molar-refractivity contribution < 1.29 is 14.3 Å². The minimum absolute atomic E-state index is 0.0148. The molecule has 0 aromatic heterocycles. The zero-order valence-corrected chi connectivity index (χ0v) is 15.0. The first-order chi connectivity index (χ1) is 13.3. The maximum atomic E-state index is 12.3. The van der Waals surface area contributed by atoms with Crippen molar-refractivity contribution in [2.45, 2.75) is 6.54 Å². The number of piperazine rings is 1. The van der Waals surface area contributed by atoms with Crippen LogP contribution in [0, 0.1) is 0 Å². The van der Waals surface area contributed by atoms with Crippen LogP contribution in [0.15, 0.2) is 48.7 Å². The summed E-state index contributed by atoms with van der Waals surface area (Å²) in [6.45, 7) is 4.93. The molecule has 5 rings (SSSR count). The van der Waals surface area contributed by atoms with Crippen molar-refractivity contribution in [1.82, 2.24) is 9.80 Å². The quantitative estimate of drug-likeness (QED) is 0.850. The highest BCUT2D eigenvalue weighted by Crippen LogP contribution is 2.33. The maximum Gasteiger partial charge on any atom is 0.257 e. The number of fused-ring (bicyclic) bond motifs is 2. The van der Waals surface area contributed by atoms with Crippen LogP contribution in [-0.4, -0.2) is 48.7 Å². The van der Waals surface area contributed by atoms with E-state index in [0.717, 1.165) is 61.0 Å². The summed E-state index contributed by atoms with van der Waals surface area (Å²) in [4.78, 5) is 16.9. The molecule has 27 heavy (non-hydrogen) atoms. The molecule has 3 heterocycles. The average molecular weight is 363 g/mol. The Morgan fingerprint density at radius 1 is 1.00 bits per heavy atom. The van der Waals surface area contributed by atoms with Crippen LogP contribution in [-0.2, 0) is 11.3 Å². The standard InChI is InChI=1S/C21H21N3O3/c25-21-17(16-3-1-2-4-18(16)22-21)13-24-9-7-23(8-10-24)12-15-5-6-19-20(11-15)27-14-26-19/h1-6,11,13H,7-10,12,14H2,(H,22,25)/b17-13+. The van der Waals surface area contributed by atoms with E-state index in [4.69, 9.17) is 9.47 Å². The van der Waals surface area contributed by atoms with Gasteiger partial charge in [0.05, 0.1) is 5.57 Å². The second-order valence-electron chi connectivity index (χ2n) is 7.04. The number of rotatable bonds is 3. The van der Waals surface area contributed by atoms with Gasteiger partial charge in [-0.15, -0.1) is 0 Å². The number of amides is 1. The van der Waals surface area contributed by atoms with E-state index in [0.29, 0.717) is 6.79 Å². The van der Waals surface area contributed by atoms with E-state index in [-0.39, 0.29) is 5.91 Å². The van der Waals surface area contributed by atoms with Gasteiger partial charge in [-0.05, 0) is 23.8 Å². The van der Waals surface area contributed by atoms with Gasteiger partial charge in [-0.25, -0.2) is 0 Å². The SMILES string of the molecule is O=C1Nc2ccccc2/C1=C\N1CCN(Cc2ccc3c(c2)OCO3)CC1. The van der Waals surface area contributed by atoms with Crippen molar-refractivity contribution in [1.29, 1.82) is 0 Å². The van der Waals surface area contributed by atoms with E-state index >= 15 is 0 Å². The first-order valence-electron chi connectivity index (χ1n) is 9.24. The minimum atomic E-state index is -0.0148. The molecule has 3 aliphatic rings. The lowest BCUT2D eigenvalue weighted by atomic mass is 10.1. The fraction of sp³-hybridized carbons (Fsp3) is 0.286. The molecule has 2 aromatic carbocycles. The Balaban J connectivity index is 1.23. The number of para-hydroxylation sites is 1. The van der Waals surface area contributed by atoms with E-state index in [1.54, 1.807) is 0 Å². The van der Waals surface area contributed by atoms with Gasteiger partial charge in [-0.2, -0.15) is 0 Å². The first-order valence-corrected chi connectivity index (χ1v) is 9.24. The van der Waals surface area contributed by atoms with E-state index < -0.39 is 0 Å². The molecule has 0 aliphatic carbocycles. The molecule has 0 saturated carbocycles. The van der Waals surface area contributed by atoms with Crippen molar-refractivity contribution in [3.63, 3.8) is 0 Å². The average Bonchev–Trinajstić information content (AvgIpc) is 3.27. The molecule has 1 N–H and O–H groups in total. The van der Waals surface area contributed by atoms with E-state index in [1.165, 1.54) is 5.56 Å². The van der Waals surface area contributed by atoms with Crippen LogP contribution in [0.1, 0.15) is 11.1 Å². The van der Waals surface area contributed by atoms with Crippen molar-refractivity contribution in [2.75, 3.05) is 38.3 Å². The van der Waals surface area contributed by atoms with Crippen LogP contribution in [0.25, 0.3) is 5.57 Å². The molecular formula is C21H21N3O3. The van der Waals surface area contributed by atoms with Crippen molar-refractivity contribution in [2.24, 2.45) is 0 Å². The molecule has 2 aromatic rings. The Labute approximate surface area is 158 Å².